The molecular weight excluding hydrogens is 184 g/mol. The van der Waals surface area contributed by atoms with Gasteiger partial charge in [0.05, 0.1) is 0 Å². The summed E-state index contributed by atoms with van der Waals surface area (Å²) >= 11 is 0. The normalized spacial score (nSPS) is 41.1. The van der Waals surface area contributed by atoms with Crippen LogP contribution in [0, 0.1) is 17.2 Å². The van der Waals surface area contributed by atoms with Gasteiger partial charge in [0.2, 0.25) is 0 Å². The summed E-state index contributed by atoms with van der Waals surface area (Å²) in [5.41, 5.74) is 0.982. The van der Waals surface area contributed by atoms with E-state index < -0.39 is 0 Å². The molecule has 2 heteroatoms. The van der Waals surface area contributed by atoms with E-state index in [0.29, 0.717) is 6.04 Å². The molecule has 3 rings (SSSR count). The van der Waals surface area contributed by atoms with Crippen LogP contribution in [0.4, 0.5) is 0 Å². The number of piperidine rings is 2. The largest absolute Gasteiger partial charge is 0.310 e. The van der Waals surface area contributed by atoms with Crippen molar-refractivity contribution in [2.24, 2.45) is 11.8 Å². The minimum atomic E-state index is 0.668. The van der Waals surface area contributed by atoms with Crippen molar-refractivity contribution in [3.05, 3.63) is 12.2 Å². The summed E-state index contributed by atoms with van der Waals surface area (Å²) in [6.07, 6.45) is 10.9. The van der Waals surface area contributed by atoms with Gasteiger partial charge in [0.1, 0.15) is 0 Å². The number of allylic oxidation sites excluding steroid dienone is 1. The molecule has 1 aliphatic carbocycles. The smallest absolute Gasteiger partial charge is 0.0213 e. The van der Waals surface area contributed by atoms with Crippen molar-refractivity contribution in [1.82, 2.24) is 4.90 Å². The molecule has 0 saturated carbocycles. The molecule has 3 aliphatic rings. The average molecular weight is 204 g/mol. The first kappa shape index (κ1) is 9.59. The summed E-state index contributed by atoms with van der Waals surface area (Å²) in [7, 11) is 0. The van der Waals surface area contributed by atoms with Gasteiger partial charge in [0, 0.05) is 24.7 Å². The summed E-state index contributed by atoms with van der Waals surface area (Å²) in [6.45, 7) is 2.42. The van der Waals surface area contributed by atoms with Gasteiger partial charge in [0.15, 0.2) is 0 Å². The third kappa shape index (κ3) is 1.65. The first-order valence-corrected chi connectivity index (χ1v) is 6.31. The minimum absolute atomic E-state index is 0.668. The Morgan fingerprint density at radius 2 is 2.20 bits per heavy atom. The Bertz CT molecular complexity index is 295. The number of nitrogens with one attached hydrogen (secondary N) is 1. The predicted octanol–water partition coefficient (Wildman–Crippen LogP) is 2.46. The molecule has 0 aromatic carbocycles. The Labute approximate surface area is 91.9 Å². The fraction of sp³-hybridized carbons (Fsp3) is 0.769. The molecule has 3 atom stereocenters. The SMILES string of the molecule is N=C1CCN2CCC3CCC=CC3C2C1. The number of rotatable bonds is 0. The number of hydrogen-bond donors (Lipinski definition) is 1. The lowest BCUT2D eigenvalue weighted by molar-refractivity contribution is 0.0621. The molecule has 0 spiro atoms. The van der Waals surface area contributed by atoms with Crippen LogP contribution in [-0.2, 0) is 0 Å². The topological polar surface area (TPSA) is 27.1 Å². The molecule has 1 N–H and O–H groups in total. The van der Waals surface area contributed by atoms with Gasteiger partial charge in [-0.05, 0) is 44.1 Å². The van der Waals surface area contributed by atoms with Crippen LogP contribution in [0.2, 0.25) is 0 Å². The van der Waals surface area contributed by atoms with Crippen LogP contribution in [0.5, 0.6) is 0 Å². The highest BCUT2D eigenvalue weighted by Crippen LogP contribution is 2.39. The molecule has 0 amide bonds. The second-order valence-electron chi connectivity index (χ2n) is 5.29. The van der Waals surface area contributed by atoms with Crippen LogP contribution >= 0.6 is 0 Å². The molecule has 3 unspecified atom stereocenters. The molecule has 2 nitrogen and oxygen atoms in total. The van der Waals surface area contributed by atoms with Gasteiger partial charge in [-0.3, -0.25) is 4.90 Å². The maximum absolute atomic E-state index is 7.87. The fourth-order valence-corrected chi connectivity index (χ4v) is 3.61. The zero-order valence-electron chi connectivity index (χ0n) is 9.28. The molecule has 0 aromatic heterocycles. The zero-order valence-corrected chi connectivity index (χ0v) is 9.28. The van der Waals surface area contributed by atoms with Crippen LogP contribution in [0.15, 0.2) is 12.2 Å². The van der Waals surface area contributed by atoms with Crippen molar-refractivity contribution in [3.8, 4) is 0 Å². The molecule has 2 fully saturated rings. The third-order valence-corrected chi connectivity index (χ3v) is 4.46. The third-order valence-electron chi connectivity index (χ3n) is 4.46. The van der Waals surface area contributed by atoms with Gasteiger partial charge >= 0.3 is 0 Å². The first-order valence-electron chi connectivity index (χ1n) is 6.31. The van der Waals surface area contributed by atoms with E-state index in [4.69, 9.17) is 5.41 Å². The zero-order chi connectivity index (χ0) is 10.3. The highest BCUT2D eigenvalue weighted by molar-refractivity contribution is 5.82. The lowest BCUT2D eigenvalue weighted by Crippen LogP contribution is -2.53. The molecular formula is C13H20N2. The van der Waals surface area contributed by atoms with Crippen molar-refractivity contribution >= 4 is 5.71 Å². The Balaban J connectivity index is 1.82. The van der Waals surface area contributed by atoms with Gasteiger partial charge < -0.3 is 5.41 Å². The van der Waals surface area contributed by atoms with Crippen LogP contribution < -0.4 is 0 Å². The van der Waals surface area contributed by atoms with E-state index in [1.54, 1.807) is 0 Å². The van der Waals surface area contributed by atoms with E-state index >= 15 is 0 Å². The Morgan fingerprint density at radius 3 is 3.13 bits per heavy atom. The molecule has 2 heterocycles. The van der Waals surface area contributed by atoms with Gasteiger partial charge in [-0.2, -0.15) is 0 Å². The first-order chi connectivity index (χ1) is 7.34. The van der Waals surface area contributed by atoms with Gasteiger partial charge in [-0.1, -0.05) is 12.2 Å². The van der Waals surface area contributed by atoms with E-state index in [0.717, 1.165) is 36.9 Å². The monoisotopic (exact) mass is 204 g/mol. The molecule has 2 saturated heterocycles. The van der Waals surface area contributed by atoms with Crippen molar-refractivity contribution < 1.29 is 0 Å². The van der Waals surface area contributed by atoms with E-state index in [9.17, 15) is 0 Å². The van der Waals surface area contributed by atoms with Gasteiger partial charge in [0.25, 0.3) is 0 Å². The van der Waals surface area contributed by atoms with Crippen molar-refractivity contribution in [2.45, 2.75) is 38.1 Å². The molecule has 0 radical (unpaired) electrons. The van der Waals surface area contributed by atoms with E-state index in [-0.39, 0.29) is 0 Å². The Morgan fingerprint density at radius 1 is 1.27 bits per heavy atom. The molecule has 15 heavy (non-hydrogen) atoms. The number of hydrogen-bond acceptors (Lipinski definition) is 2. The second kappa shape index (κ2) is 3.75. The summed E-state index contributed by atoms with van der Waals surface area (Å²) in [5.74, 6) is 1.68. The highest BCUT2D eigenvalue weighted by atomic mass is 15.2. The van der Waals surface area contributed by atoms with Crippen molar-refractivity contribution in [1.29, 1.82) is 5.41 Å². The lowest BCUT2D eigenvalue weighted by Gasteiger charge is -2.48. The highest BCUT2D eigenvalue weighted by Gasteiger charge is 2.39. The minimum Gasteiger partial charge on any atom is -0.310 e. The molecule has 0 aromatic rings. The quantitative estimate of drug-likeness (QED) is 0.603. The standard InChI is InChI=1S/C13H20N2/c14-11-6-8-15-7-5-10-3-1-2-4-12(10)13(15)9-11/h2,4,10,12-14H,1,3,5-9H2. The molecule has 0 bridgehead atoms. The Kier molecular flexibility index (Phi) is 2.39. The van der Waals surface area contributed by atoms with E-state index in [1.807, 2.05) is 0 Å². The van der Waals surface area contributed by atoms with Crippen LogP contribution in [0.1, 0.15) is 32.1 Å². The second-order valence-corrected chi connectivity index (χ2v) is 5.29. The summed E-state index contributed by atoms with van der Waals surface area (Å²) in [6, 6.07) is 0.668. The van der Waals surface area contributed by atoms with Gasteiger partial charge in [-0.15, -0.1) is 0 Å². The maximum Gasteiger partial charge on any atom is 0.0213 e. The summed E-state index contributed by atoms with van der Waals surface area (Å²) in [5, 5.41) is 7.87. The van der Waals surface area contributed by atoms with Crippen LogP contribution in [-0.4, -0.2) is 29.7 Å². The van der Waals surface area contributed by atoms with E-state index in [2.05, 4.69) is 17.1 Å². The number of fused-ring (bicyclic) bond motifs is 3. The fourth-order valence-electron chi connectivity index (χ4n) is 3.61. The molecule has 82 valence electrons. The summed E-state index contributed by atoms with van der Waals surface area (Å²) < 4.78 is 0. The predicted molar refractivity (Wildman–Crippen MR) is 62.3 cm³/mol. The number of nitrogens with zero attached hydrogens (tertiary/aromatic N) is 1. The van der Waals surface area contributed by atoms with Crippen LogP contribution in [0.25, 0.3) is 0 Å². The maximum atomic E-state index is 7.87. The summed E-state index contributed by atoms with van der Waals surface area (Å²) in [4.78, 5) is 2.63. The van der Waals surface area contributed by atoms with Crippen molar-refractivity contribution in [3.63, 3.8) is 0 Å². The molecule has 2 aliphatic heterocycles. The van der Waals surface area contributed by atoms with Crippen LogP contribution in [0.3, 0.4) is 0 Å². The van der Waals surface area contributed by atoms with Crippen molar-refractivity contribution in [2.75, 3.05) is 13.1 Å². The Hall–Kier alpha value is -0.630. The average Bonchev–Trinajstić information content (AvgIpc) is 2.29. The lowest BCUT2D eigenvalue weighted by atomic mass is 9.72. The van der Waals surface area contributed by atoms with E-state index in [1.165, 1.54) is 25.8 Å². The van der Waals surface area contributed by atoms with Gasteiger partial charge in [-0.25, -0.2) is 0 Å².